The molecule has 1 heterocycles. The molecule has 0 saturated carbocycles. The zero-order chi connectivity index (χ0) is 18.9. The first-order valence-electron chi connectivity index (χ1n) is 9.50. The number of hydrogen-bond acceptors (Lipinski definition) is 4. The molecule has 2 aromatic carbocycles. The maximum Gasteiger partial charge on any atom is 0.130 e. The van der Waals surface area contributed by atoms with Crippen LogP contribution < -0.4 is 15.2 Å². The molecular weight excluding hydrogens is 338 g/mol. The predicted molar refractivity (Wildman–Crippen MR) is 109 cm³/mol. The largest absolute Gasteiger partial charge is 0.494 e. The molecular formula is C22H27N3O2. The highest BCUT2D eigenvalue weighted by Crippen LogP contribution is 2.23. The number of nitrogens with zero attached hydrogens (tertiary/aromatic N) is 1. The predicted octanol–water partition coefficient (Wildman–Crippen LogP) is 5.20. The molecule has 3 aromatic rings. The first-order valence-corrected chi connectivity index (χ1v) is 9.50. The van der Waals surface area contributed by atoms with Gasteiger partial charge in [0, 0.05) is 11.3 Å². The standard InChI is InChI=1S/C22H27N3O2/c1-2-3-4-5-13-26-21-8-6-7-17(14-21)22-15-19(24-25-22)16-27-20-11-9-18(23)10-12-20/h6-12,14-15H,2-5,13,16,23H2,1H3,(H,24,25). The van der Waals surface area contributed by atoms with Crippen LogP contribution in [0, 0.1) is 0 Å². The smallest absolute Gasteiger partial charge is 0.130 e. The highest BCUT2D eigenvalue weighted by atomic mass is 16.5. The number of ether oxygens (including phenoxy) is 2. The second-order valence-corrected chi connectivity index (χ2v) is 6.57. The Hall–Kier alpha value is -2.95. The van der Waals surface area contributed by atoms with Crippen molar-refractivity contribution in [1.29, 1.82) is 0 Å². The van der Waals surface area contributed by atoms with Gasteiger partial charge in [-0.1, -0.05) is 38.3 Å². The Morgan fingerprint density at radius 3 is 2.59 bits per heavy atom. The van der Waals surface area contributed by atoms with Crippen molar-refractivity contribution in [3.63, 3.8) is 0 Å². The molecule has 0 saturated heterocycles. The third kappa shape index (κ3) is 5.78. The molecule has 0 fully saturated rings. The van der Waals surface area contributed by atoms with E-state index in [1.54, 1.807) is 0 Å². The average Bonchev–Trinajstić information content (AvgIpc) is 3.17. The summed E-state index contributed by atoms with van der Waals surface area (Å²) in [4.78, 5) is 0. The zero-order valence-corrected chi connectivity index (χ0v) is 15.8. The van der Waals surface area contributed by atoms with Gasteiger partial charge in [0.05, 0.1) is 18.0 Å². The van der Waals surface area contributed by atoms with E-state index in [0.29, 0.717) is 6.61 Å². The molecule has 5 nitrogen and oxygen atoms in total. The van der Waals surface area contributed by atoms with E-state index in [2.05, 4.69) is 17.1 Å². The van der Waals surface area contributed by atoms with Gasteiger partial charge < -0.3 is 15.2 Å². The number of aromatic nitrogens is 2. The Labute approximate surface area is 160 Å². The number of nitrogen functional groups attached to an aromatic ring is 1. The van der Waals surface area contributed by atoms with Crippen LogP contribution in [0.15, 0.2) is 54.6 Å². The fourth-order valence-corrected chi connectivity index (χ4v) is 2.77. The van der Waals surface area contributed by atoms with Crippen molar-refractivity contribution in [2.45, 2.75) is 39.2 Å². The van der Waals surface area contributed by atoms with Crippen LogP contribution in [0.4, 0.5) is 5.69 Å². The van der Waals surface area contributed by atoms with Crippen molar-refractivity contribution in [3.8, 4) is 22.8 Å². The van der Waals surface area contributed by atoms with Gasteiger partial charge in [0.1, 0.15) is 18.1 Å². The number of H-pyrrole nitrogens is 1. The Balaban J connectivity index is 1.55. The second kappa shape index (κ2) is 9.67. The van der Waals surface area contributed by atoms with E-state index in [1.807, 2.05) is 54.6 Å². The molecule has 0 aliphatic heterocycles. The van der Waals surface area contributed by atoms with Gasteiger partial charge in [0.25, 0.3) is 0 Å². The van der Waals surface area contributed by atoms with E-state index in [1.165, 1.54) is 19.3 Å². The van der Waals surface area contributed by atoms with Crippen LogP contribution in [0.3, 0.4) is 0 Å². The third-order valence-corrected chi connectivity index (χ3v) is 4.30. The Kier molecular flexibility index (Phi) is 6.74. The van der Waals surface area contributed by atoms with Crippen LogP contribution >= 0.6 is 0 Å². The number of nitrogens with one attached hydrogen (secondary N) is 1. The van der Waals surface area contributed by atoms with Crippen molar-refractivity contribution >= 4 is 5.69 Å². The highest BCUT2D eigenvalue weighted by Gasteiger charge is 2.06. The molecule has 0 aliphatic carbocycles. The minimum Gasteiger partial charge on any atom is -0.494 e. The van der Waals surface area contributed by atoms with Crippen molar-refractivity contribution in [2.75, 3.05) is 12.3 Å². The van der Waals surface area contributed by atoms with Crippen molar-refractivity contribution in [1.82, 2.24) is 10.2 Å². The number of rotatable bonds is 10. The molecule has 5 heteroatoms. The lowest BCUT2D eigenvalue weighted by molar-refractivity contribution is 0.301. The van der Waals surface area contributed by atoms with E-state index < -0.39 is 0 Å². The average molecular weight is 365 g/mol. The highest BCUT2D eigenvalue weighted by molar-refractivity contribution is 5.61. The zero-order valence-electron chi connectivity index (χ0n) is 15.8. The summed E-state index contributed by atoms with van der Waals surface area (Å²) >= 11 is 0. The minimum absolute atomic E-state index is 0.421. The van der Waals surface area contributed by atoms with Crippen molar-refractivity contribution in [2.24, 2.45) is 0 Å². The van der Waals surface area contributed by atoms with E-state index in [-0.39, 0.29) is 0 Å². The summed E-state index contributed by atoms with van der Waals surface area (Å²) < 4.78 is 11.6. The van der Waals surface area contributed by atoms with E-state index in [9.17, 15) is 0 Å². The third-order valence-electron chi connectivity index (χ3n) is 4.30. The van der Waals surface area contributed by atoms with Gasteiger partial charge in [0.2, 0.25) is 0 Å². The Morgan fingerprint density at radius 1 is 0.926 bits per heavy atom. The van der Waals surface area contributed by atoms with Crippen LogP contribution in [-0.4, -0.2) is 16.8 Å². The normalized spacial score (nSPS) is 10.7. The fourth-order valence-electron chi connectivity index (χ4n) is 2.77. The maximum absolute atomic E-state index is 5.86. The molecule has 0 amide bonds. The van der Waals surface area contributed by atoms with Crippen LogP contribution in [0.1, 0.15) is 38.3 Å². The monoisotopic (exact) mass is 365 g/mol. The van der Waals surface area contributed by atoms with E-state index in [4.69, 9.17) is 15.2 Å². The molecule has 0 aliphatic rings. The van der Waals surface area contributed by atoms with Crippen LogP contribution in [0.5, 0.6) is 11.5 Å². The lowest BCUT2D eigenvalue weighted by Crippen LogP contribution is -1.97. The van der Waals surface area contributed by atoms with Crippen LogP contribution in [0.2, 0.25) is 0 Å². The SMILES string of the molecule is CCCCCCOc1cccc(-c2cc(COc3ccc(N)cc3)[nH]n2)c1. The molecule has 27 heavy (non-hydrogen) atoms. The summed E-state index contributed by atoms with van der Waals surface area (Å²) in [5.74, 6) is 1.66. The molecule has 1 aromatic heterocycles. The number of anilines is 1. The summed E-state index contributed by atoms with van der Waals surface area (Å²) in [5.41, 5.74) is 9.22. The number of nitrogens with two attached hydrogens (primary N) is 1. The van der Waals surface area contributed by atoms with E-state index in [0.717, 1.165) is 47.2 Å². The minimum atomic E-state index is 0.421. The van der Waals surface area contributed by atoms with Gasteiger partial charge in [-0.25, -0.2) is 0 Å². The first-order chi connectivity index (χ1) is 13.2. The second-order valence-electron chi connectivity index (χ2n) is 6.57. The van der Waals surface area contributed by atoms with Crippen LogP contribution in [0.25, 0.3) is 11.3 Å². The Morgan fingerprint density at radius 2 is 1.78 bits per heavy atom. The van der Waals surface area contributed by atoms with E-state index >= 15 is 0 Å². The van der Waals surface area contributed by atoms with Gasteiger partial charge in [-0.2, -0.15) is 5.10 Å². The quantitative estimate of drug-likeness (QED) is 0.383. The fraction of sp³-hybridized carbons (Fsp3) is 0.318. The molecule has 142 valence electrons. The lowest BCUT2D eigenvalue weighted by atomic mass is 10.1. The molecule has 0 unspecified atom stereocenters. The number of unbranched alkanes of at least 4 members (excludes halogenated alkanes) is 3. The summed E-state index contributed by atoms with van der Waals surface area (Å²) in [6, 6.07) is 17.4. The summed E-state index contributed by atoms with van der Waals surface area (Å²) in [5, 5.41) is 7.43. The molecule has 0 spiro atoms. The number of benzene rings is 2. The molecule has 3 rings (SSSR count). The Bertz CT molecular complexity index is 828. The lowest BCUT2D eigenvalue weighted by Gasteiger charge is -2.07. The summed E-state index contributed by atoms with van der Waals surface area (Å²) in [7, 11) is 0. The number of hydrogen-bond donors (Lipinski definition) is 2. The van der Waals surface area contributed by atoms with Gasteiger partial charge in [-0.05, 0) is 48.9 Å². The topological polar surface area (TPSA) is 73.2 Å². The van der Waals surface area contributed by atoms with Gasteiger partial charge in [-0.3, -0.25) is 5.10 Å². The van der Waals surface area contributed by atoms with Crippen molar-refractivity contribution in [3.05, 3.63) is 60.3 Å². The van der Waals surface area contributed by atoms with Crippen LogP contribution in [-0.2, 0) is 6.61 Å². The number of aromatic amines is 1. The first kappa shape index (κ1) is 18.8. The van der Waals surface area contributed by atoms with Gasteiger partial charge >= 0.3 is 0 Å². The molecule has 0 radical (unpaired) electrons. The van der Waals surface area contributed by atoms with Gasteiger partial charge in [-0.15, -0.1) is 0 Å². The molecule has 0 atom stereocenters. The molecule has 0 bridgehead atoms. The summed E-state index contributed by atoms with van der Waals surface area (Å²) in [6.07, 6.45) is 4.80. The van der Waals surface area contributed by atoms with Crippen molar-refractivity contribution < 1.29 is 9.47 Å². The maximum atomic E-state index is 5.86. The van der Waals surface area contributed by atoms with Gasteiger partial charge in [0.15, 0.2) is 0 Å². The summed E-state index contributed by atoms with van der Waals surface area (Å²) in [6.45, 7) is 3.39. The molecule has 3 N–H and O–H groups in total.